The van der Waals surface area contributed by atoms with Crippen molar-refractivity contribution < 1.29 is 27.8 Å². The van der Waals surface area contributed by atoms with E-state index in [0.717, 1.165) is 55.9 Å². The summed E-state index contributed by atoms with van der Waals surface area (Å²) in [5.74, 6) is 0.282. The number of carboxylic acids is 1. The van der Waals surface area contributed by atoms with E-state index in [0.29, 0.717) is 23.4 Å². The molecule has 1 aromatic carbocycles. The number of halogens is 3. The Morgan fingerprint density at radius 1 is 1.12 bits per heavy atom. The Morgan fingerprint density at radius 3 is 2.42 bits per heavy atom. The minimum Gasteiger partial charge on any atom is -0.475 e. The molecular weight excluding hydrogens is 525 g/mol. The first kappa shape index (κ1) is 29.0. The highest BCUT2D eigenvalue weighted by atomic mass is 19.4. The van der Waals surface area contributed by atoms with Crippen LogP contribution in [-0.4, -0.2) is 49.1 Å². The van der Waals surface area contributed by atoms with E-state index in [1.54, 1.807) is 6.20 Å². The molecule has 5 rings (SSSR count). The van der Waals surface area contributed by atoms with Crippen molar-refractivity contribution in [2.45, 2.75) is 82.7 Å². The summed E-state index contributed by atoms with van der Waals surface area (Å²) in [6.45, 7) is 4.33. The highest BCUT2D eigenvalue weighted by molar-refractivity contribution is 5.73. The van der Waals surface area contributed by atoms with Crippen LogP contribution in [-0.2, 0) is 11.2 Å². The maximum atomic E-state index is 10.6. The van der Waals surface area contributed by atoms with E-state index in [1.807, 2.05) is 30.3 Å². The number of nitrogens with one attached hydrogen (secondary N) is 1. The molecule has 0 saturated heterocycles. The monoisotopic (exact) mass is 556 g/mol. The second kappa shape index (κ2) is 12.5. The van der Waals surface area contributed by atoms with Crippen molar-refractivity contribution in [3.8, 4) is 17.6 Å². The molecule has 2 aliphatic rings. The number of alkyl halides is 3. The number of carboxylic acid groups (broad SMARTS) is 1. The Balaban J connectivity index is 0.000000470. The number of hydrogen-bond donors (Lipinski definition) is 2. The fraction of sp³-hybridized carbons (Fsp3) is 0.464. The van der Waals surface area contributed by atoms with Crippen molar-refractivity contribution in [3.05, 3.63) is 65.4 Å². The van der Waals surface area contributed by atoms with Gasteiger partial charge in [-0.05, 0) is 68.4 Å². The number of aryl methyl sites for hydroxylation is 1. The van der Waals surface area contributed by atoms with Crippen LogP contribution in [0.4, 0.5) is 13.2 Å². The van der Waals surface area contributed by atoms with Crippen LogP contribution < -0.4 is 10.1 Å². The van der Waals surface area contributed by atoms with Crippen LogP contribution in [0.3, 0.4) is 0 Å². The summed E-state index contributed by atoms with van der Waals surface area (Å²) in [5, 5.41) is 29.6. The third-order valence-electron chi connectivity index (χ3n) is 6.92. The van der Waals surface area contributed by atoms with Gasteiger partial charge in [0.25, 0.3) is 0 Å². The molecule has 1 unspecified atom stereocenters. The van der Waals surface area contributed by atoms with Crippen LogP contribution in [0.5, 0.6) is 5.88 Å². The molecule has 0 bridgehead atoms. The zero-order valence-corrected chi connectivity index (χ0v) is 22.2. The van der Waals surface area contributed by atoms with Crippen molar-refractivity contribution in [1.82, 2.24) is 25.1 Å². The largest absolute Gasteiger partial charge is 0.490 e. The van der Waals surface area contributed by atoms with Gasteiger partial charge in [-0.3, -0.25) is 4.57 Å². The van der Waals surface area contributed by atoms with E-state index >= 15 is 0 Å². The van der Waals surface area contributed by atoms with Crippen LogP contribution in [0, 0.1) is 11.3 Å². The Hall–Kier alpha value is -3.98. The number of benzene rings is 1. The summed E-state index contributed by atoms with van der Waals surface area (Å²) >= 11 is 0. The molecule has 0 spiro atoms. The third-order valence-corrected chi connectivity index (χ3v) is 6.92. The van der Waals surface area contributed by atoms with Crippen LogP contribution in [0.25, 0.3) is 5.69 Å². The summed E-state index contributed by atoms with van der Waals surface area (Å²) in [4.78, 5) is 13.2. The highest BCUT2D eigenvalue weighted by Gasteiger charge is 2.38. The van der Waals surface area contributed by atoms with Gasteiger partial charge < -0.3 is 15.2 Å². The number of pyridine rings is 1. The molecule has 12 heteroatoms. The Labute approximate surface area is 230 Å². The molecule has 3 aromatic rings. The maximum absolute atomic E-state index is 10.6. The minimum atomic E-state index is -5.08. The molecule has 0 radical (unpaired) electrons. The average Bonchev–Trinajstić information content (AvgIpc) is 3.30. The second-order valence-corrected chi connectivity index (χ2v) is 10.2. The van der Waals surface area contributed by atoms with Gasteiger partial charge in [-0.1, -0.05) is 19.9 Å². The lowest BCUT2D eigenvalue weighted by Gasteiger charge is -2.28. The maximum Gasteiger partial charge on any atom is 0.490 e. The fourth-order valence-corrected chi connectivity index (χ4v) is 5.13. The zero-order valence-electron chi connectivity index (χ0n) is 22.2. The summed E-state index contributed by atoms with van der Waals surface area (Å²) in [5.41, 5.74) is 3.01. The minimum absolute atomic E-state index is 0.132. The smallest absolute Gasteiger partial charge is 0.475 e. The molecule has 9 nitrogen and oxygen atoms in total. The predicted molar refractivity (Wildman–Crippen MR) is 139 cm³/mol. The van der Waals surface area contributed by atoms with Gasteiger partial charge in [-0.25, -0.2) is 9.78 Å². The van der Waals surface area contributed by atoms with E-state index in [9.17, 15) is 18.4 Å². The Morgan fingerprint density at radius 2 is 1.82 bits per heavy atom. The van der Waals surface area contributed by atoms with E-state index in [-0.39, 0.29) is 12.1 Å². The molecule has 1 fully saturated rings. The van der Waals surface area contributed by atoms with Crippen molar-refractivity contribution in [3.63, 3.8) is 0 Å². The molecule has 0 amide bonds. The molecule has 40 heavy (non-hydrogen) atoms. The molecule has 1 saturated carbocycles. The molecule has 1 aliphatic heterocycles. The molecule has 1 aliphatic carbocycles. The normalized spacial score (nSPS) is 20.3. The molecule has 2 N–H and O–H groups in total. The predicted octanol–water partition coefficient (Wildman–Crippen LogP) is 5.26. The van der Waals surface area contributed by atoms with Gasteiger partial charge in [0, 0.05) is 24.2 Å². The van der Waals surface area contributed by atoms with Crippen molar-refractivity contribution in [2.75, 3.05) is 0 Å². The van der Waals surface area contributed by atoms with E-state index in [2.05, 4.69) is 40.9 Å². The van der Waals surface area contributed by atoms with Gasteiger partial charge in [0.05, 0.1) is 23.4 Å². The zero-order chi connectivity index (χ0) is 28.9. The van der Waals surface area contributed by atoms with Crippen molar-refractivity contribution >= 4 is 5.97 Å². The number of aromatic nitrogens is 4. The number of nitriles is 1. The van der Waals surface area contributed by atoms with Crippen LogP contribution >= 0.6 is 0 Å². The number of rotatable bonds is 5. The highest BCUT2D eigenvalue weighted by Crippen LogP contribution is 2.38. The number of nitrogens with zero attached hydrogens (tertiary/aromatic N) is 5. The van der Waals surface area contributed by atoms with Crippen LogP contribution in [0.15, 0.2) is 42.6 Å². The first-order valence-corrected chi connectivity index (χ1v) is 13.2. The Bertz CT molecular complexity index is 1350. The van der Waals surface area contributed by atoms with Gasteiger partial charge >= 0.3 is 12.1 Å². The van der Waals surface area contributed by atoms with E-state index in [4.69, 9.17) is 24.8 Å². The summed E-state index contributed by atoms with van der Waals surface area (Å²) in [6.07, 6.45) is 2.65. The number of aliphatic carboxylic acids is 1. The molecule has 3 heterocycles. The molecule has 212 valence electrons. The first-order chi connectivity index (χ1) is 19.1. The number of fused-ring (bicyclic) bond motifs is 3. The SMILES string of the molecule is CC(C)NC1CCc2cc(C#N)ccc2-n2c1nnc2[C@H]1CC[C@H](Oc2ccccn2)CC1.O=C(O)C(F)(F)F. The summed E-state index contributed by atoms with van der Waals surface area (Å²) < 4.78 is 40.1. The Kier molecular flexibility index (Phi) is 9.04. The van der Waals surface area contributed by atoms with E-state index in [1.165, 1.54) is 5.56 Å². The summed E-state index contributed by atoms with van der Waals surface area (Å²) in [7, 11) is 0. The van der Waals surface area contributed by atoms with Crippen molar-refractivity contribution in [1.29, 1.82) is 5.26 Å². The average molecular weight is 557 g/mol. The van der Waals surface area contributed by atoms with Crippen LogP contribution in [0.1, 0.15) is 80.7 Å². The standard InChI is InChI=1S/C26H30N6O.C2HF3O2/c1-17(2)29-22-12-9-20-15-18(16-27)6-13-23(20)32-25(30-31-26(22)32)19-7-10-21(11-8-19)33-24-5-3-4-14-28-24;3-2(4,5)1(6)7/h3-6,13-15,17,19,21-22,29H,7-12H2,1-2H3;(H,6,7)/t19-,21-,22?;. The molecule has 2 aromatic heterocycles. The quantitative estimate of drug-likeness (QED) is 0.436. The topological polar surface area (TPSA) is 126 Å². The second-order valence-electron chi connectivity index (χ2n) is 10.2. The third kappa shape index (κ3) is 6.96. The lowest BCUT2D eigenvalue weighted by atomic mass is 9.86. The molecular formula is C28H31F3N6O3. The van der Waals surface area contributed by atoms with Gasteiger partial charge in [0.1, 0.15) is 11.9 Å². The van der Waals surface area contributed by atoms with Gasteiger partial charge in [0.2, 0.25) is 5.88 Å². The van der Waals surface area contributed by atoms with Gasteiger partial charge in [-0.15, -0.1) is 10.2 Å². The van der Waals surface area contributed by atoms with Crippen LogP contribution in [0.2, 0.25) is 0 Å². The molecule has 1 atom stereocenters. The lowest BCUT2D eigenvalue weighted by Crippen LogP contribution is -2.30. The van der Waals surface area contributed by atoms with Gasteiger partial charge in [0.15, 0.2) is 5.82 Å². The van der Waals surface area contributed by atoms with Gasteiger partial charge in [-0.2, -0.15) is 18.4 Å². The number of carbonyl (C=O) groups is 1. The lowest BCUT2D eigenvalue weighted by molar-refractivity contribution is -0.192. The van der Waals surface area contributed by atoms with Crippen molar-refractivity contribution in [2.24, 2.45) is 0 Å². The fourth-order valence-electron chi connectivity index (χ4n) is 5.13. The first-order valence-electron chi connectivity index (χ1n) is 13.2. The summed E-state index contributed by atoms with van der Waals surface area (Å²) in [6, 6.07) is 14.5. The number of hydrogen-bond acceptors (Lipinski definition) is 7. The van der Waals surface area contributed by atoms with E-state index < -0.39 is 12.1 Å². The number of ether oxygens (including phenoxy) is 1.